The molecule has 0 spiro atoms. The zero-order valence-electron chi connectivity index (χ0n) is 10.0. The minimum absolute atomic E-state index is 0.385. The number of nitrogens with zero attached hydrogens (tertiary/aromatic N) is 1. The lowest BCUT2D eigenvalue weighted by Gasteiger charge is -2.15. The predicted octanol–water partition coefficient (Wildman–Crippen LogP) is 2.90. The van der Waals surface area contributed by atoms with Gasteiger partial charge in [0.1, 0.15) is 6.07 Å². The Bertz CT molecular complexity index is 580. The van der Waals surface area contributed by atoms with Crippen molar-refractivity contribution in [1.82, 2.24) is 5.32 Å². The van der Waals surface area contributed by atoms with Gasteiger partial charge in [0.15, 0.2) is 0 Å². The normalized spacial score (nSPS) is 18.7. The SMILES string of the molecule is N#Cc1csc2c1CCNCC2c1ccccc1. The lowest BCUT2D eigenvalue weighted by molar-refractivity contribution is 0.668. The molecule has 90 valence electrons. The zero-order chi connectivity index (χ0) is 12.4. The van der Waals surface area contributed by atoms with Crippen molar-refractivity contribution in [3.8, 4) is 6.07 Å². The summed E-state index contributed by atoms with van der Waals surface area (Å²) in [5, 5.41) is 14.7. The topological polar surface area (TPSA) is 35.8 Å². The zero-order valence-corrected chi connectivity index (χ0v) is 10.8. The van der Waals surface area contributed by atoms with Crippen molar-refractivity contribution in [1.29, 1.82) is 5.26 Å². The highest BCUT2D eigenvalue weighted by Gasteiger charge is 2.23. The number of thiophene rings is 1. The maximum absolute atomic E-state index is 9.17. The van der Waals surface area contributed by atoms with Gasteiger partial charge in [-0.05, 0) is 24.1 Å². The van der Waals surface area contributed by atoms with Gasteiger partial charge in [-0.3, -0.25) is 0 Å². The van der Waals surface area contributed by atoms with E-state index in [0.717, 1.165) is 25.1 Å². The van der Waals surface area contributed by atoms with E-state index in [0.29, 0.717) is 5.92 Å². The molecule has 1 aliphatic heterocycles. The first kappa shape index (κ1) is 11.5. The van der Waals surface area contributed by atoms with E-state index in [9.17, 15) is 0 Å². The molecule has 1 atom stereocenters. The van der Waals surface area contributed by atoms with E-state index >= 15 is 0 Å². The van der Waals surface area contributed by atoms with Crippen LogP contribution < -0.4 is 5.32 Å². The predicted molar refractivity (Wildman–Crippen MR) is 73.9 cm³/mol. The molecule has 2 heterocycles. The Morgan fingerprint density at radius 1 is 1.28 bits per heavy atom. The van der Waals surface area contributed by atoms with Gasteiger partial charge in [0, 0.05) is 22.7 Å². The van der Waals surface area contributed by atoms with Crippen LogP contribution in [0.4, 0.5) is 0 Å². The van der Waals surface area contributed by atoms with E-state index in [1.165, 1.54) is 16.0 Å². The van der Waals surface area contributed by atoms with Gasteiger partial charge in [0.05, 0.1) is 5.56 Å². The maximum atomic E-state index is 9.17. The number of hydrogen-bond acceptors (Lipinski definition) is 3. The molecule has 0 saturated carbocycles. The Labute approximate surface area is 111 Å². The van der Waals surface area contributed by atoms with Crippen LogP contribution in [0.15, 0.2) is 35.7 Å². The van der Waals surface area contributed by atoms with Crippen LogP contribution in [0.1, 0.15) is 27.5 Å². The van der Waals surface area contributed by atoms with Crippen LogP contribution in [-0.4, -0.2) is 13.1 Å². The Morgan fingerprint density at radius 3 is 2.89 bits per heavy atom. The molecule has 0 saturated heterocycles. The summed E-state index contributed by atoms with van der Waals surface area (Å²) in [5.74, 6) is 0.385. The van der Waals surface area contributed by atoms with Gasteiger partial charge in [0.25, 0.3) is 0 Å². The van der Waals surface area contributed by atoms with E-state index in [2.05, 4.69) is 35.7 Å². The van der Waals surface area contributed by atoms with Crippen molar-refractivity contribution in [2.24, 2.45) is 0 Å². The highest BCUT2D eigenvalue weighted by Crippen LogP contribution is 2.35. The average Bonchev–Trinajstić information content (AvgIpc) is 2.71. The molecule has 1 aromatic heterocycles. The van der Waals surface area contributed by atoms with Crippen molar-refractivity contribution in [2.75, 3.05) is 13.1 Å². The minimum Gasteiger partial charge on any atom is -0.315 e. The van der Waals surface area contributed by atoms with E-state index < -0.39 is 0 Å². The van der Waals surface area contributed by atoms with Crippen LogP contribution in [0.3, 0.4) is 0 Å². The molecular weight excluding hydrogens is 240 g/mol. The fourth-order valence-electron chi connectivity index (χ4n) is 2.55. The number of fused-ring (bicyclic) bond motifs is 1. The molecule has 1 aliphatic rings. The maximum Gasteiger partial charge on any atom is 0.100 e. The Kier molecular flexibility index (Phi) is 3.14. The van der Waals surface area contributed by atoms with Crippen molar-refractivity contribution in [3.05, 3.63) is 57.3 Å². The first-order valence-corrected chi connectivity index (χ1v) is 7.04. The van der Waals surface area contributed by atoms with Crippen molar-refractivity contribution in [3.63, 3.8) is 0 Å². The highest BCUT2D eigenvalue weighted by molar-refractivity contribution is 7.10. The third-order valence-electron chi connectivity index (χ3n) is 3.47. The Morgan fingerprint density at radius 2 is 2.11 bits per heavy atom. The molecule has 3 heteroatoms. The molecule has 0 fully saturated rings. The van der Waals surface area contributed by atoms with E-state index in [-0.39, 0.29) is 0 Å². The van der Waals surface area contributed by atoms with Crippen LogP contribution >= 0.6 is 11.3 Å². The molecular formula is C15H14N2S. The monoisotopic (exact) mass is 254 g/mol. The van der Waals surface area contributed by atoms with Gasteiger partial charge in [-0.1, -0.05) is 30.3 Å². The highest BCUT2D eigenvalue weighted by atomic mass is 32.1. The third-order valence-corrected chi connectivity index (χ3v) is 4.60. The first-order valence-electron chi connectivity index (χ1n) is 6.16. The van der Waals surface area contributed by atoms with E-state index in [1.807, 2.05) is 11.4 Å². The van der Waals surface area contributed by atoms with Crippen LogP contribution in [0.2, 0.25) is 0 Å². The summed E-state index contributed by atoms with van der Waals surface area (Å²) in [7, 11) is 0. The lowest BCUT2D eigenvalue weighted by atomic mass is 9.94. The number of nitriles is 1. The standard InChI is InChI=1S/C15H14N2S/c16-8-12-10-18-15-13(12)6-7-17-9-14(15)11-4-2-1-3-5-11/h1-5,10,14,17H,6-7,9H2. The third kappa shape index (κ3) is 1.94. The Balaban J connectivity index is 2.08. The molecule has 3 rings (SSSR count). The van der Waals surface area contributed by atoms with Crippen LogP contribution in [0.5, 0.6) is 0 Å². The quantitative estimate of drug-likeness (QED) is 0.849. The molecule has 2 nitrogen and oxygen atoms in total. The summed E-state index contributed by atoms with van der Waals surface area (Å²) in [6.07, 6.45) is 0.963. The first-order chi connectivity index (χ1) is 8.90. The molecule has 2 aromatic rings. The number of benzene rings is 1. The molecule has 0 aliphatic carbocycles. The van der Waals surface area contributed by atoms with E-state index in [4.69, 9.17) is 5.26 Å². The lowest BCUT2D eigenvalue weighted by Crippen LogP contribution is -2.20. The van der Waals surface area contributed by atoms with Crippen LogP contribution in [-0.2, 0) is 6.42 Å². The van der Waals surface area contributed by atoms with Gasteiger partial charge in [-0.15, -0.1) is 11.3 Å². The van der Waals surface area contributed by atoms with Gasteiger partial charge >= 0.3 is 0 Å². The van der Waals surface area contributed by atoms with Crippen molar-refractivity contribution >= 4 is 11.3 Å². The second-order valence-corrected chi connectivity index (χ2v) is 5.43. The molecule has 0 amide bonds. The second kappa shape index (κ2) is 4.93. The molecule has 1 N–H and O–H groups in total. The van der Waals surface area contributed by atoms with Gasteiger partial charge in [-0.25, -0.2) is 0 Å². The van der Waals surface area contributed by atoms with Crippen molar-refractivity contribution in [2.45, 2.75) is 12.3 Å². The summed E-state index contributed by atoms with van der Waals surface area (Å²) in [5.41, 5.74) is 3.44. The smallest absolute Gasteiger partial charge is 0.100 e. The minimum atomic E-state index is 0.385. The molecule has 0 radical (unpaired) electrons. The average molecular weight is 254 g/mol. The van der Waals surface area contributed by atoms with Crippen molar-refractivity contribution < 1.29 is 0 Å². The fraction of sp³-hybridized carbons (Fsp3) is 0.267. The summed E-state index contributed by atoms with van der Waals surface area (Å²) in [4.78, 5) is 1.36. The van der Waals surface area contributed by atoms with Crippen LogP contribution in [0.25, 0.3) is 0 Å². The van der Waals surface area contributed by atoms with Gasteiger partial charge < -0.3 is 5.32 Å². The number of nitrogens with one attached hydrogen (secondary N) is 1. The fourth-order valence-corrected chi connectivity index (χ4v) is 3.73. The molecule has 0 bridgehead atoms. The van der Waals surface area contributed by atoms with Crippen LogP contribution in [0, 0.1) is 11.3 Å². The molecule has 18 heavy (non-hydrogen) atoms. The number of hydrogen-bond donors (Lipinski definition) is 1. The van der Waals surface area contributed by atoms with Gasteiger partial charge in [-0.2, -0.15) is 5.26 Å². The summed E-state index contributed by atoms with van der Waals surface area (Å²) in [6, 6.07) is 12.9. The Hall–Kier alpha value is -1.63. The van der Waals surface area contributed by atoms with E-state index in [1.54, 1.807) is 11.3 Å². The summed E-state index contributed by atoms with van der Waals surface area (Å²) < 4.78 is 0. The largest absolute Gasteiger partial charge is 0.315 e. The molecule has 1 unspecified atom stereocenters. The van der Waals surface area contributed by atoms with Gasteiger partial charge in [0.2, 0.25) is 0 Å². The summed E-state index contributed by atoms with van der Waals surface area (Å²) >= 11 is 1.73. The number of rotatable bonds is 1. The summed E-state index contributed by atoms with van der Waals surface area (Å²) in [6.45, 7) is 1.92. The molecule has 1 aromatic carbocycles. The second-order valence-electron chi connectivity index (χ2n) is 4.52.